The van der Waals surface area contributed by atoms with Crippen molar-refractivity contribution in [2.45, 2.75) is 12.1 Å². The number of nitrogens with one attached hydrogen (secondary N) is 1. The van der Waals surface area contributed by atoms with Crippen molar-refractivity contribution in [2.24, 2.45) is 0 Å². The van der Waals surface area contributed by atoms with Crippen molar-refractivity contribution in [1.82, 2.24) is 20.1 Å². The molecular formula is C19H19BrN4O2S. The van der Waals surface area contributed by atoms with Crippen molar-refractivity contribution in [3.05, 3.63) is 53.0 Å². The Morgan fingerprint density at radius 1 is 1.15 bits per heavy atom. The van der Waals surface area contributed by atoms with E-state index < -0.39 is 0 Å². The second kappa shape index (κ2) is 9.05. The van der Waals surface area contributed by atoms with E-state index in [0.717, 1.165) is 21.5 Å². The lowest BCUT2D eigenvalue weighted by Crippen LogP contribution is -2.20. The summed E-state index contributed by atoms with van der Waals surface area (Å²) < 4.78 is 8.47. The van der Waals surface area contributed by atoms with Crippen molar-refractivity contribution in [3.63, 3.8) is 0 Å². The summed E-state index contributed by atoms with van der Waals surface area (Å²) in [4.78, 5) is 11.7. The van der Waals surface area contributed by atoms with Gasteiger partial charge in [-0.2, -0.15) is 0 Å². The molecule has 1 heterocycles. The van der Waals surface area contributed by atoms with Gasteiger partial charge < -0.3 is 10.1 Å². The van der Waals surface area contributed by atoms with E-state index in [1.165, 1.54) is 11.8 Å². The summed E-state index contributed by atoms with van der Waals surface area (Å²) in [6.07, 6.45) is 0. The normalized spacial score (nSPS) is 10.6. The lowest BCUT2D eigenvalue weighted by Gasteiger charge is -2.11. The minimum atomic E-state index is -0.0635. The lowest BCUT2D eigenvalue weighted by atomic mass is 10.2. The Morgan fingerprint density at radius 3 is 2.48 bits per heavy atom. The van der Waals surface area contributed by atoms with Crippen LogP contribution in [0.1, 0.15) is 6.92 Å². The average molecular weight is 447 g/mol. The minimum absolute atomic E-state index is 0.0635. The number of hydrogen-bond acceptors (Lipinski definition) is 5. The Hall–Kier alpha value is -2.32. The Bertz CT molecular complexity index is 910. The smallest absolute Gasteiger partial charge is 0.230 e. The first-order valence-corrected chi connectivity index (χ1v) is 10.2. The molecule has 140 valence electrons. The van der Waals surface area contributed by atoms with E-state index in [4.69, 9.17) is 4.74 Å². The Labute approximate surface area is 170 Å². The summed E-state index contributed by atoms with van der Waals surface area (Å²) in [6, 6.07) is 15.6. The number of thioether (sulfide) groups is 1. The molecule has 3 rings (SSSR count). The van der Waals surface area contributed by atoms with Crippen molar-refractivity contribution >= 4 is 33.6 Å². The van der Waals surface area contributed by atoms with E-state index in [-0.39, 0.29) is 11.7 Å². The van der Waals surface area contributed by atoms with Gasteiger partial charge in [-0.15, -0.1) is 10.2 Å². The first-order chi connectivity index (χ1) is 13.1. The number of hydrogen-bond donors (Lipinski definition) is 1. The molecule has 8 heteroatoms. The third-order valence-electron chi connectivity index (χ3n) is 3.75. The van der Waals surface area contributed by atoms with Crippen LogP contribution in [0.5, 0.6) is 5.75 Å². The molecule has 0 aliphatic carbocycles. The molecule has 2 aromatic carbocycles. The van der Waals surface area contributed by atoms with Gasteiger partial charge in [0.15, 0.2) is 11.0 Å². The molecule has 0 aliphatic rings. The molecule has 6 nitrogen and oxygen atoms in total. The van der Waals surface area contributed by atoms with Gasteiger partial charge in [-0.1, -0.05) is 39.8 Å². The molecule has 0 aliphatic heterocycles. The van der Waals surface area contributed by atoms with Gasteiger partial charge in [-0.3, -0.25) is 9.36 Å². The number of carbonyl (C=O) groups is 1. The highest BCUT2D eigenvalue weighted by molar-refractivity contribution is 9.10. The molecule has 0 unspecified atom stereocenters. The minimum Gasteiger partial charge on any atom is -0.494 e. The zero-order chi connectivity index (χ0) is 19.2. The highest BCUT2D eigenvalue weighted by Crippen LogP contribution is 2.29. The van der Waals surface area contributed by atoms with Gasteiger partial charge in [-0.25, -0.2) is 0 Å². The van der Waals surface area contributed by atoms with Gasteiger partial charge in [0.1, 0.15) is 5.75 Å². The molecule has 0 radical (unpaired) electrons. The first-order valence-electron chi connectivity index (χ1n) is 8.40. The zero-order valence-electron chi connectivity index (χ0n) is 15.0. The van der Waals surface area contributed by atoms with E-state index in [1.54, 1.807) is 7.05 Å². The molecule has 1 aromatic heterocycles. The van der Waals surface area contributed by atoms with Crippen LogP contribution in [-0.4, -0.2) is 40.1 Å². The predicted molar refractivity (Wildman–Crippen MR) is 110 cm³/mol. The number of nitrogens with zero attached hydrogens (tertiary/aromatic N) is 3. The number of benzene rings is 2. The summed E-state index contributed by atoms with van der Waals surface area (Å²) in [5.41, 5.74) is 1.84. The van der Waals surface area contributed by atoms with Crippen LogP contribution in [0.2, 0.25) is 0 Å². The third kappa shape index (κ3) is 4.70. The third-order valence-corrected chi connectivity index (χ3v) is 5.21. The van der Waals surface area contributed by atoms with Crippen molar-refractivity contribution in [1.29, 1.82) is 0 Å². The quantitative estimate of drug-likeness (QED) is 0.556. The van der Waals surface area contributed by atoms with E-state index in [2.05, 4.69) is 31.4 Å². The number of amides is 1. The van der Waals surface area contributed by atoms with E-state index in [9.17, 15) is 4.79 Å². The van der Waals surface area contributed by atoms with Gasteiger partial charge in [-0.05, 0) is 43.3 Å². The van der Waals surface area contributed by atoms with E-state index >= 15 is 0 Å². The molecule has 0 bridgehead atoms. The fraction of sp³-hybridized carbons (Fsp3) is 0.211. The van der Waals surface area contributed by atoms with Gasteiger partial charge in [0.2, 0.25) is 5.91 Å². The van der Waals surface area contributed by atoms with Crippen LogP contribution < -0.4 is 10.1 Å². The van der Waals surface area contributed by atoms with Crippen molar-refractivity contribution < 1.29 is 9.53 Å². The van der Waals surface area contributed by atoms with Crippen LogP contribution in [0.25, 0.3) is 17.1 Å². The largest absolute Gasteiger partial charge is 0.494 e. The standard InChI is InChI=1S/C19H19BrN4O2S/c1-3-26-16-10-8-15(9-11-16)24-18(13-4-6-14(20)7-5-13)22-23-19(24)27-12-17(25)21-2/h4-11H,3,12H2,1-2H3,(H,21,25). The number of halogens is 1. The second-order valence-electron chi connectivity index (χ2n) is 5.54. The monoisotopic (exact) mass is 446 g/mol. The summed E-state index contributed by atoms with van der Waals surface area (Å²) in [5, 5.41) is 12.0. The Balaban J connectivity index is 2.02. The Kier molecular flexibility index (Phi) is 6.52. The number of rotatable bonds is 7. The lowest BCUT2D eigenvalue weighted by molar-refractivity contribution is -0.118. The van der Waals surface area contributed by atoms with Crippen LogP contribution >= 0.6 is 27.7 Å². The average Bonchev–Trinajstić information content (AvgIpc) is 3.11. The maximum atomic E-state index is 11.7. The molecule has 0 fully saturated rings. The fourth-order valence-electron chi connectivity index (χ4n) is 2.44. The zero-order valence-corrected chi connectivity index (χ0v) is 17.4. The maximum Gasteiger partial charge on any atom is 0.230 e. The molecule has 0 saturated carbocycles. The summed E-state index contributed by atoms with van der Waals surface area (Å²) in [6.45, 7) is 2.57. The molecule has 1 N–H and O–H groups in total. The highest BCUT2D eigenvalue weighted by atomic mass is 79.9. The van der Waals surface area contributed by atoms with Crippen LogP contribution in [0.3, 0.4) is 0 Å². The van der Waals surface area contributed by atoms with Gasteiger partial charge in [0, 0.05) is 22.8 Å². The second-order valence-corrected chi connectivity index (χ2v) is 7.40. The topological polar surface area (TPSA) is 69.0 Å². The first kappa shape index (κ1) is 19.4. The Morgan fingerprint density at radius 2 is 1.85 bits per heavy atom. The van der Waals surface area contributed by atoms with Crippen molar-refractivity contribution in [3.8, 4) is 22.8 Å². The van der Waals surface area contributed by atoms with Gasteiger partial charge in [0.05, 0.1) is 12.4 Å². The van der Waals surface area contributed by atoms with Crippen LogP contribution in [0.15, 0.2) is 58.2 Å². The molecule has 0 spiro atoms. The van der Waals surface area contributed by atoms with E-state index in [1.807, 2.05) is 60.0 Å². The maximum absolute atomic E-state index is 11.7. The van der Waals surface area contributed by atoms with Crippen LogP contribution in [0, 0.1) is 0 Å². The number of aromatic nitrogens is 3. The van der Waals surface area contributed by atoms with Crippen LogP contribution in [0.4, 0.5) is 0 Å². The number of carbonyl (C=O) groups excluding carboxylic acids is 1. The SMILES string of the molecule is CCOc1ccc(-n2c(SCC(=O)NC)nnc2-c2ccc(Br)cc2)cc1. The number of ether oxygens (including phenoxy) is 1. The van der Waals surface area contributed by atoms with E-state index in [0.29, 0.717) is 17.6 Å². The fourth-order valence-corrected chi connectivity index (χ4v) is 3.53. The van der Waals surface area contributed by atoms with Gasteiger partial charge in [0.25, 0.3) is 0 Å². The van der Waals surface area contributed by atoms with Gasteiger partial charge >= 0.3 is 0 Å². The molecule has 3 aromatic rings. The molecule has 27 heavy (non-hydrogen) atoms. The predicted octanol–water partition coefficient (Wildman–Crippen LogP) is 3.93. The summed E-state index contributed by atoms with van der Waals surface area (Å²) in [7, 11) is 1.62. The molecular weight excluding hydrogens is 428 g/mol. The highest BCUT2D eigenvalue weighted by Gasteiger charge is 2.17. The molecule has 0 atom stereocenters. The van der Waals surface area contributed by atoms with Crippen LogP contribution in [-0.2, 0) is 4.79 Å². The molecule has 1 amide bonds. The van der Waals surface area contributed by atoms with Crippen molar-refractivity contribution in [2.75, 3.05) is 19.4 Å². The molecule has 0 saturated heterocycles. The summed E-state index contributed by atoms with van der Waals surface area (Å²) in [5.74, 6) is 1.73. The summed E-state index contributed by atoms with van der Waals surface area (Å²) >= 11 is 4.80.